The molecule has 8 heteroatoms. The van der Waals surface area contributed by atoms with Gasteiger partial charge in [-0.05, 0) is 81.5 Å². The molecule has 0 bridgehead atoms. The summed E-state index contributed by atoms with van der Waals surface area (Å²) in [6, 6.07) is 11.9. The van der Waals surface area contributed by atoms with Crippen molar-refractivity contribution in [2.75, 3.05) is 18.5 Å². The van der Waals surface area contributed by atoms with Crippen molar-refractivity contribution in [2.24, 2.45) is 5.92 Å². The number of hydrogen-bond donors (Lipinski definition) is 3. The van der Waals surface area contributed by atoms with Gasteiger partial charge in [-0.3, -0.25) is 14.5 Å². The van der Waals surface area contributed by atoms with Crippen molar-refractivity contribution in [3.05, 3.63) is 101 Å². The Bertz CT molecular complexity index is 1530. The molecule has 0 radical (unpaired) electrons. The smallest absolute Gasteiger partial charge is 0.251 e. The van der Waals surface area contributed by atoms with Crippen LogP contribution in [-0.2, 0) is 22.5 Å². The second-order valence-electron chi connectivity index (χ2n) is 10.9. The topological polar surface area (TPSA) is 109 Å². The lowest BCUT2D eigenvalue weighted by Gasteiger charge is -2.21. The van der Waals surface area contributed by atoms with Crippen LogP contribution in [0.4, 0.5) is 5.69 Å². The maximum Gasteiger partial charge on any atom is 0.251 e. The number of nitrogens with one attached hydrogen (secondary N) is 1. The van der Waals surface area contributed by atoms with Crippen LogP contribution in [0.3, 0.4) is 0 Å². The highest BCUT2D eigenvalue weighted by atomic mass is 16.5. The summed E-state index contributed by atoms with van der Waals surface area (Å²) in [6.45, 7) is 8.36. The SMILES string of the molecule is CC=C(CCC1C=CC(OCC(O)CO)=CC1=CCCC)C(=O)Nc1cccc2c1c(CC)nn2Cc1cccc(C)n1. The van der Waals surface area contributed by atoms with Gasteiger partial charge in [0.15, 0.2) is 0 Å². The Labute approximate surface area is 254 Å². The van der Waals surface area contributed by atoms with E-state index < -0.39 is 6.10 Å². The summed E-state index contributed by atoms with van der Waals surface area (Å²) in [5.41, 5.74) is 6.45. The number of unbranched alkanes of at least 4 members (excludes halogenated alkanes) is 1. The number of aromatic nitrogens is 3. The fraction of sp³-hybridized carbons (Fsp3) is 0.400. The van der Waals surface area contributed by atoms with E-state index >= 15 is 0 Å². The maximum atomic E-state index is 13.6. The van der Waals surface area contributed by atoms with Gasteiger partial charge in [0.1, 0.15) is 18.5 Å². The number of rotatable bonds is 14. The van der Waals surface area contributed by atoms with Crippen molar-refractivity contribution in [1.29, 1.82) is 0 Å². The largest absolute Gasteiger partial charge is 0.491 e. The van der Waals surface area contributed by atoms with E-state index in [0.717, 1.165) is 70.5 Å². The molecule has 0 fully saturated rings. The molecular formula is C35H44N4O4. The molecule has 0 saturated heterocycles. The number of pyridine rings is 1. The standard InChI is InChI=1S/C35H44N4O4/c1-5-8-12-27-20-30(43-23-29(41)22-40)19-18-26(27)17-16-25(6-2)35(42)37-32-14-10-15-33-34(32)31(7-3)38-39(33)21-28-13-9-11-24(4)36-28/h6,9-15,18-20,26,29,40-41H,5,7-8,16-17,21-23H2,1-4H3,(H,37,42). The number of carbonyl (C=O) groups is 1. The first-order chi connectivity index (χ1) is 20.9. The molecule has 0 saturated carbocycles. The third-order valence-corrected chi connectivity index (χ3v) is 7.61. The zero-order valence-electron chi connectivity index (χ0n) is 25.7. The minimum Gasteiger partial charge on any atom is -0.491 e. The number of allylic oxidation sites excluding steroid dienone is 6. The Morgan fingerprint density at radius 2 is 2.02 bits per heavy atom. The molecule has 228 valence electrons. The monoisotopic (exact) mass is 584 g/mol. The number of carbonyl (C=O) groups excluding carboxylic acids is 1. The van der Waals surface area contributed by atoms with Gasteiger partial charge < -0.3 is 20.3 Å². The predicted molar refractivity (Wildman–Crippen MR) is 172 cm³/mol. The van der Waals surface area contributed by atoms with E-state index in [-0.39, 0.29) is 25.0 Å². The average molecular weight is 585 g/mol. The molecule has 43 heavy (non-hydrogen) atoms. The Morgan fingerprint density at radius 3 is 2.74 bits per heavy atom. The molecule has 0 aliphatic heterocycles. The molecule has 1 aromatic carbocycles. The number of aliphatic hydroxyl groups excluding tert-OH is 2. The highest BCUT2D eigenvalue weighted by Gasteiger charge is 2.20. The Balaban J connectivity index is 1.47. The van der Waals surface area contributed by atoms with E-state index in [0.29, 0.717) is 18.7 Å². The Hall–Kier alpha value is -4.01. The number of fused-ring (bicyclic) bond motifs is 1. The van der Waals surface area contributed by atoms with Crippen LogP contribution >= 0.6 is 0 Å². The van der Waals surface area contributed by atoms with Gasteiger partial charge >= 0.3 is 0 Å². The van der Waals surface area contributed by atoms with E-state index in [1.807, 2.05) is 73.2 Å². The molecule has 2 unspecified atom stereocenters. The molecule has 1 aliphatic carbocycles. The first kappa shape index (κ1) is 31.9. The van der Waals surface area contributed by atoms with Crippen LogP contribution in [0, 0.1) is 12.8 Å². The summed E-state index contributed by atoms with van der Waals surface area (Å²) >= 11 is 0. The van der Waals surface area contributed by atoms with Gasteiger partial charge in [-0.2, -0.15) is 5.10 Å². The van der Waals surface area contributed by atoms with E-state index in [9.17, 15) is 9.90 Å². The Kier molecular flexibility index (Phi) is 11.5. The van der Waals surface area contributed by atoms with Gasteiger partial charge in [0.25, 0.3) is 5.91 Å². The van der Waals surface area contributed by atoms with Crippen molar-refractivity contribution in [3.8, 4) is 0 Å². The number of nitrogens with zero attached hydrogens (tertiary/aromatic N) is 3. The zero-order chi connectivity index (χ0) is 30.8. The number of anilines is 1. The fourth-order valence-electron chi connectivity index (χ4n) is 5.28. The van der Waals surface area contributed by atoms with Crippen molar-refractivity contribution in [3.63, 3.8) is 0 Å². The normalized spacial score (nSPS) is 16.9. The fourth-order valence-corrected chi connectivity index (χ4v) is 5.28. The third-order valence-electron chi connectivity index (χ3n) is 7.61. The second-order valence-corrected chi connectivity index (χ2v) is 10.9. The van der Waals surface area contributed by atoms with E-state index in [1.165, 1.54) is 0 Å². The van der Waals surface area contributed by atoms with Crippen LogP contribution in [0.2, 0.25) is 0 Å². The molecule has 3 N–H and O–H groups in total. The zero-order valence-corrected chi connectivity index (χ0v) is 25.7. The summed E-state index contributed by atoms with van der Waals surface area (Å²) in [7, 11) is 0. The van der Waals surface area contributed by atoms with E-state index in [2.05, 4.69) is 36.3 Å². The number of benzene rings is 1. The van der Waals surface area contributed by atoms with Crippen molar-refractivity contribution >= 4 is 22.5 Å². The quantitative estimate of drug-likeness (QED) is 0.195. The maximum absolute atomic E-state index is 13.6. The Morgan fingerprint density at radius 1 is 1.21 bits per heavy atom. The lowest BCUT2D eigenvalue weighted by molar-refractivity contribution is -0.113. The van der Waals surface area contributed by atoms with Gasteiger partial charge in [-0.15, -0.1) is 0 Å². The van der Waals surface area contributed by atoms with E-state index in [1.54, 1.807) is 0 Å². The summed E-state index contributed by atoms with van der Waals surface area (Å²) in [4.78, 5) is 18.2. The molecule has 1 aliphatic rings. The van der Waals surface area contributed by atoms with Crippen molar-refractivity contribution in [2.45, 2.75) is 72.4 Å². The molecular weight excluding hydrogens is 540 g/mol. The summed E-state index contributed by atoms with van der Waals surface area (Å²) in [5, 5.41) is 27.8. The van der Waals surface area contributed by atoms with Gasteiger partial charge in [0, 0.05) is 22.6 Å². The minimum absolute atomic E-state index is 0.0372. The average Bonchev–Trinajstić information content (AvgIpc) is 3.37. The third kappa shape index (κ3) is 8.30. The summed E-state index contributed by atoms with van der Waals surface area (Å²) < 4.78 is 7.65. The van der Waals surface area contributed by atoms with Crippen LogP contribution in [0.15, 0.2) is 83.7 Å². The lowest BCUT2D eigenvalue weighted by Crippen LogP contribution is -2.19. The number of amides is 1. The first-order valence-electron chi connectivity index (χ1n) is 15.3. The van der Waals surface area contributed by atoms with Gasteiger partial charge in [0.2, 0.25) is 0 Å². The van der Waals surface area contributed by atoms with E-state index in [4.69, 9.17) is 14.9 Å². The molecule has 1 amide bonds. The lowest BCUT2D eigenvalue weighted by atomic mass is 9.87. The van der Waals surface area contributed by atoms with Crippen LogP contribution in [-0.4, -0.2) is 50.2 Å². The number of ether oxygens (including phenoxy) is 1. The highest BCUT2D eigenvalue weighted by Crippen LogP contribution is 2.31. The first-order valence-corrected chi connectivity index (χ1v) is 15.3. The molecule has 2 atom stereocenters. The number of aliphatic hydroxyl groups is 2. The van der Waals surface area contributed by atoms with Crippen molar-refractivity contribution < 1.29 is 19.7 Å². The van der Waals surface area contributed by atoms with Crippen LogP contribution < -0.4 is 5.32 Å². The number of aryl methyl sites for hydroxylation is 2. The van der Waals surface area contributed by atoms with Crippen LogP contribution in [0.5, 0.6) is 0 Å². The number of hydrogen-bond acceptors (Lipinski definition) is 6. The highest BCUT2D eigenvalue weighted by molar-refractivity contribution is 6.09. The molecule has 4 rings (SSSR count). The van der Waals surface area contributed by atoms with Crippen LogP contribution in [0.25, 0.3) is 10.9 Å². The molecule has 8 nitrogen and oxygen atoms in total. The predicted octanol–water partition coefficient (Wildman–Crippen LogP) is 6.18. The molecule has 2 aromatic heterocycles. The van der Waals surface area contributed by atoms with Gasteiger partial charge in [-0.25, -0.2) is 0 Å². The molecule has 2 heterocycles. The van der Waals surface area contributed by atoms with Gasteiger partial charge in [-0.1, -0.05) is 50.6 Å². The van der Waals surface area contributed by atoms with Crippen LogP contribution in [0.1, 0.15) is 63.5 Å². The summed E-state index contributed by atoms with van der Waals surface area (Å²) in [6.07, 6.45) is 13.3. The molecule has 3 aromatic rings. The van der Waals surface area contributed by atoms with Crippen molar-refractivity contribution in [1.82, 2.24) is 14.8 Å². The minimum atomic E-state index is -0.912. The second kappa shape index (κ2) is 15.5. The summed E-state index contributed by atoms with van der Waals surface area (Å²) in [5.74, 6) is 0.697. The molecule has 0 spiro atoms. The van der Waals surface area contributed by atoms with Gasteiger partial charge in [0.05, 0.1) is 35.7 Å².